The third kappa shape index (κ3) is 2.85. The molecule has 0 saturated heterocycles. The van der Waals surface area contributed by atoms with Crippen LogP contribution in [0.3, 0.4) is 0 Å². The highest BCUT2D eigenvalue weighted by Crippen LogP contribution is 2.37. The van der Waals surface area contributed by atoms with Gasteiger partial charge in [-0.25, -0.2) is 4.79 Å². The minimum absolute atomic E-state index is 0.128. The molecule has 0 bridgehead atoms. The molecule has 0 N–H and O–H groups in total. The fourth-order valence-electron chi connectivity index (χ4n) is 2.08. The lowest BCUT2D eigenvalue weighted by Gasteiger charge is -2.37. The van der Waals surface area contributed by atoms with Crippen molar-refractivity contribution in [1.29, 1.82) is 5.26 Å². The Morgan fingerprint density at radius 3 is 2.50 bits per heavy atom. The van der Waals surface area contributed by atoms with Crippen LogP contribution < -0.4 is 0 Å². The van der Waals surface area contributed by atoms with Crippen molar-refractivity contribution >= 4 is 5.97 Å². The minimum atomic E-state index is -0.358. The molecule has 1 saturated carbocycles. The van der Waals surface area contributed by atoms with Crippen LogP contribution in [0.5, 0.6) is 0 Å². The Bertz CT molecular complexity index is 319. The summed E-state index contributed by atoms with van der Waals surface area (Å²) in [7, 11) is 0. The summed E-state index contributed by atoms with van der Waals surface area (Å²) in [4.78, 5) is 11.5. The number of esters is 1. The molecular formula is C13H19NO2. The van der Waals surface area contributed by atoms with E-state index >= 15 is 0 Å². The van der Waals surface area contributed by atoms with Crippen LogP contribution in [0.4, 0.5) is 0 Å². The first-order chi connectivity index (χ1) is 7.53. The molecule has 0 atom stereocenters. The largest absolute Gasteiger partial charge is 0.456 e. The predicted molar refractivity (Wildman–Crippen MR) is 61.5 cm³/mol. The Morgan fingerprint density at radius 1 is 1.56 bits per heavy atom. The maximum atomic E-state index is 11.5. The van der Waals surface area contributed by atoms with Crippen molar-refractivity contribution in [3.05, 3.63) is 12.2 Å². The van der Waals surface area contributed by atoms with Gasteiger partial charge in [-0.3, -0.25) is 0 Å². The average Bonchev–Trinajstić information content (AvgIpc) is 2.29. The molecule has 0 aromatic rings. The molecule has 0 spiro atoms. The van der Waals surface area contributed by atoms with E-state index in [1.165, 1.54) is 0 Å². The van der Waals surface area contributed by atoms with E-state index in [-0.39, 0.29) is 17.5 Å². The second-order valence-corrected chi connectivity index (χ2v) is 4.61. The molecule has 1 rings (SSSR count). The lowest BCUT2D eigenvalue weighted by Crippen LogP contribution is -2.38. The zero-order chi connectivity index (χ0) is 12.2. The standard InChI is InChI=1S/C13H19NO2/c1-4-13(16-12(15)10(2)3)7-5-11(9-14)6-8-13/h11H,2,4-8H2,1,3H3. The summed E-state index contributed by atoms with van der Waals surface area (Å²) in [5.74, 6) is -0.180. The second-order valence-electron chi connectivity index (χ2n) is 4.61. The van der Waals surface area contributed by atoms with Gasteiger partial charge in [0.15, 0.2) is 0 Å². The topological polar surface area (TPSA) is 50.1 Å². The van der Waals surface area contributed by atoms with Crippen LogP contribution in [0.1, 0.15) is 46.0 Å². The lowest BCUT2D eigenvalue weighted by atomic mass is 9.78. The summed E-state index contributed by atoms with van der Waals surface area (Å²) in [6.07, 6.45) is 4.05. The summed E-state index contributed by atoms with van der Waals surface area (Å²) in [6.45, 7) is 7.28. The van der Waals surface area contributed by atoms with Crippen molar-refractivity contribution in [3.63, 3.8) is 0 Å². The van der Waals surface area contributed by atoms with Gasteiger partial charge in [0.05, 0.1) is 6.07 Å². The fraction of sp³-hybridized carbons (Fsp3) is 0.692. The summed E-state index contributed by atoms with van der Waals surface area (Å²) < 4.78 is 5.53. The molecule has 88 valence electrons. The molecule has 0 aliphatic heterocycles. The van der Waals surface area contributed by atoms with Crippen LogP contribution in [0.25, 0.3) is 0 Å². The van der Waals surface area contributed by atoms with E-state index in [1.54, 1.807) is 6.92 Å². The third-order valence-electron chi connectivity index (χ3n) is 3.38. The Kier molecular flexibility index (Phi) is 4.12. The van der Waals surface area contributed by atoms with Crippen molar-refractivity contribution < 1.29 is 9.53 Å². The number of hydrogen-bond donors (Lipinski definition) is 0. The zero-order valence-corrected chi connectivity index (χ0v) is 10.1. The monoisotopic (exact) mass is 221 g/mol. The van der Waals surface area contributed by atoms with Gasteiger partial charge in [-0.15, -0.1) is 0 Å². The molecule has 1 aliphatic carbocycles. The minimum Gasteiger partial charge on any atom is -0.456 e. The second kappa shape index (κ2) is 5.16. The number of hydrogen-bond acceptors (Lipinski definition) is 3. The average molecular weight is 221 g/mol. The summed E-state index contributed by atoms with van der Waals surface area (Å²) in [6, 6.07) is 2.28. The van der Waals surface area contributed by atoms with Gasteiger partial charge in [-0.2, -0.15) is 5.26 Å². The summed E-state index contributed by atoms with van der Waals surface area (Å²) >= 11 is 0. The predicted octanol–water partition coefficient (Wildman–Crippen LogP) is 2.97. The molecule has 1 fully saturated rings. The lowest BCUT2D eigenvalue weighted by molar-refractivity contribution is -0.159. The number of carbonyl (C=O) groups excluding carboxylic acids is 1. The van der Waals surface area contributed by atoms with Gasteiger partial charge in [0.1, 0.15) is 5.60 Å². The SMILES string of the molecule is C=C(C)C(=O)OC1(CC)CCC(C#N)CC1. The van der Waals surface area contributed by atoms with Gasteiger partial charge in [-0.1, -0.05) is 13.5 Å². The van der Waals surface area contributed by atoms with Gasteiger partial charge >= 0.3 is 5.97 Å². The van der Waals surface area contributed by atoms with Crippen LogP contribution in [0.15, 0.2) is 12.2 Å². The normalized spacial score (nSPS) is 29.2. The maximum Gasteiger partial charge on any atom is 0.333 e. The maximum absolute atomic E-state index is 11.5. The van der Waals surface area contributed by atoms with Gasteiger partial charge < -0.3 is 4.74 Å². The number of carbonyl (C=O) groups is 1. The fourth-order valence-corrected chi connectivity index (χ4v) is 2.08. The highest BCUT2D eigenvalue weighted by Gasteiger charge is 2.37. The van der Waals surface area contributed by atoms with Crippen molar-refractivity contribution in [2.45, 2.75) is 51.6 Å². The van der Waals surface area contributed by atoms with Crippen LogP contribution in [-0.2, 0) is 9.53 Å². The molecule has 0 heterocycles. The molecular weight excluding hydrogens is 202 g/mol. The number of ether oxygens (including phenoxy) is 1. The van der Waals surface area contributed by atoms with E-state index in [2.05, 4.69) is 12.6 Å². The first kappa shape index (κ1) is 12.8. The smallest absolute Gasteiger partial charge is 0.333 e. The van der Waals surface area contributed by atoms with Gasteiger partial charge in [0.25, 0.3) is 0 Å². The van der Waals surface area contributed by atoms with Gasteiger partial charge in [0.2, 0.25) is 0 Å². The number of nitrogens with zero attached hydrogens (tertiary/aromatic N) is 1. The van der Waals surface area contributed by atoms with E-state index in [4.69, 9.17) is 10.00 Å². The van der Waals surface area contributed by atoms with E-state index in [0.717, 1.165) is 32.1 Å². The van der Waals surface area contributed by atoms with E-state index in [9.17, 15) is 4.79 Å². The summed E-state index contributed by atoms with van der Waals surface area (Å²) in [5, 5.41) is 8.83. The third-order valence-corrected chi connectivity index (χ3v) is 3.38. The Morgan fingerprint density at radius 2 is 2.12 bits per heavy atom. The molecule has 3 nitrogen and oxygen atoms in total. The quantitative estimate of drug-likeness (QED) is 0.543. The molecule has 1 aliphatic rings. The highest BCUT2D eigenvalue weighted by atomic mass is 16.6. The molecule has 0 aromatic heterocycles. The van der Waals surface area contributed by atoms with E-state index in [1.807, 2.05) is 6.92 Å². The van der Waals surface area contributed by atoms with Crippen molar-refractivity contribution in [2.75, 3.05) is 0 Å². The zero-order valence-electron chi connectivity index (χ0n) is 10.1. The molecule has 16 heavy (non-hydrogen) atoms. The molecule has 0 amide bonds. The molecule has 3 heteroatoms. The first-order valence-corrected chi connectivity index (χ1v) is 5.81. The number of rotatable bonds is 3. The highest BCUT2D eigenvalue weighted by molar-refractivity contribution is 5.87. The van der Waals surface area contributed by atoms with E-state index < -0.39 is 0 Å². The molecule has 0 unspecified atom stereocenters. The Labute approximate surface area is 97.1 Å². The Hall–Kier alpha value is -1.30. The summed E-state index contributed by atoms with van der Waals surface area (Å²) in [5.41, 5.74) is 0.0823. The van der Waals surface area contributed by atoms with Crippen LogP contribution in [0, 0.1) is 17.2 Å². The van der Waals surface area contributed by atoms with Crippen LogP contribution in [0.2, 0.25) is 0 Å². The number of nitriles is 1. The molecule has 0 radical (unpaired) electrons. The van der Waals surface area contributed by atoms with Crippen molar-refractivity contribution in [1.82, 2.24) is 0 Å². The van der Waals surface area contributed by atoms with Gasteiger partial charge in [0, 0.05) is 11.5 Å². The van der Waals surface area contributed by atoms with Crippen molar-refractivity contribution in [2.24, 2.45) is 5.92 Å². The van der Waals surface area contributed by atoms with Crippen LogP contribution in [-0.4, -0.2) is 11.6 Å². The Balaban J connectivity index is 2.63. The van der Waals surface area contributed by atoms with E-state index in [0.29, 0.717) is 5.57 Å². The van der Waals surface area contributed by atoms with Gasteiger partial charge in [-0.05, 0) is 39.0 Å². The van der Waals surface area contributed by atoms with Crippen molar-refractivity contribution in [3.8, 4) is 6.07 Å². The molecule has 0 aromatic carbocycles. The first-order valence-electron chi connectivity index (χ1n) is 5.81. The van der Waals surface area contributed by atoms with Crippen LogP contribution >= 0.6 is 0 Å².